The van der Waals surface area contributed by atoms with Crippen molar-refractivity contribution in [3.05, 3.63) is 41.2 Å². The van der Waals surface area contributed by atoms with Crippen LogP contribution in [0.3, 0.4) is 0 Å². The van der Waals surface area contributed by atoms with Crippen molar-refractivity contribution in [1.29, 1.82) is 0 Å². The Morgan fingerprint density at radius 3 is 2.85 bits per heavy atom. The Balaban J connectivity index is 1.66. The lowest BCUT2D eigenvalue weighted by molar-refractivity contribution is -0.152. The number of hydrogen-bond acceptors (Lipinski definition) is 6. The van der Waals surface area contributed by atoms with Crippen LogP contribution in [0.1, 0.15) is 25.0 Å². The van der Waals surface area contributed by atoms with E-state index in [2.05, 4.69) is 0 Å². The molecule has 0 radical (unpaired) electrons. The Hall–Kier alpha value is -2.81. The molecule has 2 saturated heterocycles. The Morgan fingerprint density at radius 2 is 2.15 bits per heavy atom. The molecule has 142 valence electrons. The Labute approximate surface area is 159 Å². The Morgan fingerprint density at radius 1 is 1.33 bits per heavy atom. The number of imide groups is 1. The number of carbonyl (C=O) groups excluding carboxylic acids is 3. The van der Waals surface area contributed by atoms with Crippen LogP contribution in [0.15, 0.2) is 39.9 Å². The van der Waals surface area contributed by atoms with Gasteiger partial charge in [-0.05, 0) is 55.3 Å². The highest BCUT2D eigenvalue weighted by atomic mass is 32.2. The fraction of sp³-hybridized carbons (Fsp3) is 0.333. The van der Waals surface area contributed by atoms with E-state index in [4.69, 9.17) is 4.42 Å². The number of carbonyl (C=O) groups is 4. The summed E-state index contributed by atoms with van der Waals surface area (Å²) >= 11 is 0.744. The van der Waals surface area contributed by atoms with Gasteiger partial charge >= 0.3 is 5.97 Å². The van der Waals surface area contributed by atoms with Crippen molar-refractivity contribution in [1.82, 2.24) is 9.80 Å². The fourth-order valence-corrected chi connectivity index (χ4v) is 3.77. The summed E-state index contributed by atoms with van der Waals surface area (Å²) < 4.78 is 5.13. The number of furan rings is 1. The van der Waals surface area contributed by atoms with E-state index in [0.717, 1.165) is 23.1 Å². The molecule has 2 aliphatic heterocycles. The average Bonchev–Trinajstić information content (AvgIpc) is 3.26. The number of likely N-dealkylation sites (tertiary alicyclic amines) is 1. The lowest BCUT2D eigenvalue weighted by Gasteiger charge is -2.33. The lowest BCUT2D eigenvalue weighted by atomic mass is 10.0. The van der Waals surface area contributed by atoms with Crippen molar-refractivity contribution in [2.45, 2.75) is 25.3 Å². The molecular weight excluding hydrogens is 372 g/mol. The first-order chi connectivity index (χ1) is 13.0. The maximum atomic E-state index is 12.5. The molecule has 27 heavy (non-hydrogen) atoms. The lowest BCUT2D eigenvalue weighted by Crippen LogP contribution is -2.51. The summed E-state index contributed by atoms with van der Waals surface area (Å²) in [7, 11) is 0. The zero-order chi connectivity index (χ0) is 19.4. The maximum Gasteiger partial charge on any atom is 0.326 e. The van der Waals surface area contributed by atoms with Gasteiger partial charge in [0, 0.05) is 6.54 Å². The summed E-state index contributed by atoms with van der Waals surface area (Å²) in [5.41, 5.74) is 0. The summed E-state index contributed by atoms with van der Waals surface area (Å²) in [6, 6.07) is 2.56. The van der Waals surface area contributed by atoms with E-state index in [9.17, 15) is 24.3 Å². The molecule has 1 atom stereocenters. The first-order valence-corrected chi connectivity index (χ1v) is 9.27. The van der Waals surface area contributed by atoms with Crippen molar-refractivity contribution >= 4 is 40.9 Å². The second kappa shape index (κ2) is 8.26. The van der Waals surface area contributed by atoms with Gasteiger partial charge in [-0.3, -0.25) is 19.3 Å². The molecule has 3 heterocycles. The van der Waals surface area contributed by atoms with Crippen molar-refractivity contribution in [2.75, 3.05) is 13.1 Å². The molecule has 0 saturated carbocycles. The number of hydrogen-bond donors (Lipinski definition) is 1. The monoisotopic (exact) mass is 390 g/mol. The Bertz CT molecular complexity index is 814. The fourth-order valence-electron chi connectivity index (χ4n) is 2.98. The van der Waals surface area contributed by atoms with Crippen LogP contribution in [0.2, 0.25) is 0 Å². The summed E-state index contributed by atoms with van der Waals surface area (Å²) in [6.07, 6.45) is 8.04. The van der Waals surface area contributed by atoms with E-state index < -0.39 is 35.6 Å². The van der Waals surface area contributed by atoms with Gasteiger partial charge in [0.05, 0.1) is 11.2 Å². The second-order valence-corrected chi connectivity index (χ2v) is 7.09. The van der Waals surface area contributed by atoms with Crippen molar-refractivity contribution in [3.63, 3.8) is 0 Å². The van der Waals surface area contributed by atoms with E-state index in [-0.39, 0.29) is 4.91 Å². The van der Waals surface area contributed by atoms with Gasteiger partial charge in [0.2, 0.25) is 5.91 Å². The molecule has 0 bridgehead atoms. The minimum absolute atomic E-state index is 0.198. The van der Waals surface area contributed by atoms with Crippen LogP contribution in [-0.2, 0) is 14.4 Å². The van der Waals surface area contributed by atoms with Crippen LogP contribution in [0.25, 0.3) is 6.08 Å². The first-order valence-electron chi connectivity index (χ1n) is 8.45. The second-order valence-electron chi connectivity index (χ2n) is 6.10. The predicted octanol–water partition coefficient (Wildman–Crippen LogP) is 2.34. The molecular formula is C18H18N2O6S. The van der Waals surface area contributed by atoms with Crippen LogP contribution in [0.5, 0.6) is 0 Å². The minimum atomic E-state index is -1.07. The SMILES string of the molecule is O=C(O)C1CCCCN1C(=O)CN1C(=O)SC(=CC=Cc2ccco2)C1=O. The summed E-state index contributed by atoms with van der Waals surface area (Å²) in [5, 5.41) is 8.72. The van der Waals surface area contributed by atoms with E-state index in [1.807, 2.05) is 0 Å². The molecule has 0 aromatic carbocycles. The topological polar surface area (TPSA) is 108 Å². The molecule has 3 rings (SSSR count). The predicted molar refractivity (Wildman–Crippen MR) is 97.5 cm³/mol. The molecule has 2 fully saturated rings. The number of carboxylic acids is 1. The number of aliphatic carboxylic acids is 1. The standard InChI is InChI=1S/C18H18N2O6S/c21-15(19-9-2-1-7-13(19)17(23)24)11-20-16(22)14(27-18(20)25)8-3-5-12-6-4-10-26-12/h3-6,8,10,13H,1-2,7,9,11H2,(H,23,24). The van der Waals surface area contributed by atoms with Crippen LogP contribution >= 0.6 is 11.8 Å². The molecule has 1 N–H and O–H groups in total. The molecule has 0 aliphatic carbocycles. The average molecular weight is 390 g/mol. The quantitative estimate of drug-likeness (QED) is 0.769. The van der Waals surface area contributed by atoms with Gasteiger partial charge in [-0.1, -0.05) is 6.08 Å². The van der Waals surface area contributed by atoms with Gasteiger partial charge in [-0.15, -0.1) is 0 Å². The number of rotatable bonds is 5. The van der Waals surface area contributed by atoms with Crippen molar-refractivity contribution < 1.29 is 28.7 Å². The van der Waals surface area contributed by atoms with Gasteiger partial charge in [0.15, 0.2) is 0 Å². The largest absolute Gasteiger partial charge is 0.480 e. The number of nitrogens with zero attached hydrogens (tertiary/aromatic N) is 2. The minimum Gasteiger partial charge on any atom is -0.480 e. The smallest absolute Gasteiger partial charge is 0.326 e. The summed E-state index contributed by atoms with van der Waals surface area (Å²) in [4.78, 5) is 50.7. The molecule has 1 aromatic rings. The van der Waals surface area contributed by atoms with Crippen molar-refractivity contribution in [3.8, 4) is 0 Å². The summed E-state index contributed by atoms with van der Waals surface area (Å²) in [6.45, 7) is -0.137. The number of amides is 3. The van der Waals surface area contributed by atoms with Crippen LogP contribution < -0.4 is 0 Å². The van der Waals surface area contributed by atoms with Crippen LogP contribution in [-0.4, -0.2) is 57.1 Å². The Kier molecular flexibility index (Phi) is 5.80. The van der Waals surface area contributed by atoms with E-state index >= 15 is 0 Å². The number of thioether (sulfide) groups is 1. The van der Waals surface area contributed by atoms with Gasteiger partial charge in [-0.2, -0.15) is 0 Å². The zero-order valence-electron chi connectivity index (χ0n) is 14.4. The third kappa shape index (κ3) is 4.30. The zero-order valence-corrected chi connectivity index (χ0v) is 15.2. The first kappa shape index (κ1) is 19.0. The number of allylic oxidation sites excluding steroid dienone is 2. The van der Waals surface area contributed by atoms with E-state index in [1.165, 1.54) is 17.2 Å². The molecule has 0 spiro atoms. The highest BCUT2D eigenvalue weighted by Crippen LogP contribution is 2.31. The maximum absolute atomic E-state index is 12.5. The normalized spacial score (nSPS) is 22.2. The molecule has 3 amide bonds. The van der Waals surface area contributed by atoms with Crippen LogP contribution in [0, 0.1) is 0 Å². The third-order valence-corrected chi connectivity index (χ3v) is 5.25. The number of piperidine rings is 1. The summed E-state index contributed by atoms with van der Waals surface area (Å²) in [5.74, 6) is -1.56. The molecule has 1 aromatic heterocycles. The highest BCUT2D eigenvalue weighted by Gasteiger charge is 2.39. The molecule has 2 aliphatic rings. The third-order valence-electron chi connectivity index (χ3n) is 4.33. The number of carboxylic acid groups (broad SMARTS) is 1. The highest BCUT2D eigenvalue weighted by molar-refractivity contribution is 8.18. The molecule has 9 heteroatoms. The van der Waals surface area contributed by atoms with Crippen molar-refractivity contribution in [2.24, 2.45) is 0 Å². The van der Waals surface area contributed by atoms with E-state index in [1.54, 1.807) is 24.3 Å². The molecule has 8 nitrogen and oxygen atoms in total. The van der Waals surface area contributed by atoms with Gasteiger partial charge in [-0.25, -0.2) is 4.79 Å². The van der Waals surface area contributed by atoms with Gasteiger partial charge in [0.25, 0.3) is 11.1 Å². The van der Waals surface area contributed by atoms with Gasteiger partial charge in [0.1, 0.15) is 18.3 Å². The van der Waals surface area contributed by atoms with Crippen LogP contribution in [0.4, 0.5) is 4.79 Å². The van der Waals surface area contributed by atoms with Gasteiger partial charge < -0.3 is 14.4 Å². The van der Waals surface area contributed by atoms with E-state index in [0.29, 0.717) is 25.1 Å². The molecule has 1 unspecified atom stereocenters.